The number of esters is 2. The molecule has 1 aliphatic carbocycles. The molecule has 2 aliphatic rings. The fourth-order valence-corrected chi connectivity index (χ4v) is 4.23. The maximum Gasteiger partial charge on any atom is 0.312 e. The molecular weight excluding hydrogens is 368 g/mol. The summed E-state index contributed by atoms with van der Waals surface area (Å²) in [6, 6.07) is 0. The van der Waals surface area contributed by atoms with E-state index in [1.807, 2.05) is 0 Å². The van der Waals surface area contributed by atoms with Crippen LogP contribution in [0.3, 0.4) is 0 Å². The quantitative estimate of drug-likeness (QED) is 0.221. The maximum absolute atomic E-state index is 12.7. The molecule has 0 aromatic carbocycles. The number of epoxide rings is 1. The SMILES string of the molecule is CC(C)CCCCCOC(=O)C1CCC2OC2C1C(=O)OCCCCCC(C)C. The van der Waals surface area contributed by atoms with Crippen LogP contribution in [-0.2, 0) is 23.8 Å². The third-order valence-corrected chi connectivity index (χ3v) is 6.09. The van der Waals surface area contributed by atoms with Gasteiger partial charge in [0.1, 0.15) is 0 Å². The summed E-state index contributed by atoms with van der Waals surface area (Å²) in [7, 11) is 0. The lowest BCUT2D eigenvalue weighted by atomic mass is 9.79. The first-order valence-electron chi connectivity index (χ1n) is 11.9. The molecule has 0 aromatic rings. The topological polar surface area (TPSA) is 65.1 Å². The summed E-state index contributed by atoms with van der Waals surface area (Å²) < 4.78 is 16.7. The molecule has 4 unspecified atom stereocenters. The van der Waals surface area contributed by atoms with Gasteiger partial charge in [0.15, 0.2) is 0 Å². The Bertz CT molecular complexity index is 501. The molecule has 0 radical (unpaired) electrons. The predicted molar refractivity (Wildman–Crippen MR) is 113 cm³/mol. The summed E-state index contributed by atoms with van der Waals surface area (Å²) in [5, 5.41) is 0. The van der Waals surface area contributed by atoms with Gasteiger partial charge in [-0.05, 0) is 37.5 Å². The summed E-state index contributed by atoms with van der Waals surface area (Å²) in [5.74, 6) is 0.00122. The zero-order chi connectivity index (χ0) is 21.2. The zero-order valence-electron chi connectivity index (χ0n) is 19.0. The van der Waals surface area contributed by atoms with E-state index in [0.717, 1.165) is 32.1 Å². The second-order valence-electron chi connectivity index (χ2n) is 9.67. The van der Waals surface area contributed by atoms with E-state index in [9.17, 15) is 9.59 Å². The van der Waals surface area contributed by atoms with Crippen molar-refractivity contribution in [2.75, 3.05) is 13.2 Å². The van der Waals surface area contributed by atoms with Crippen LogP contribution in [0.5, 0.6) is 0 Å². The molecule has 1 saturated heterocycles. The van der Waals surface area contributed by atoms with Crippen LogP contribution in [-0.4, -0.2) is 37.4 Å². The summed E-state index contributed by atoms with van der Waals surface area (Å²) in [6.07, 6.45) is 10.1. The predicted octanol–water partition coefficient (Wildman–Crippen LogP) is 5.30. The maximum atomic E-state index is 12.7. The van der Waals surface area contributed by atoms with Crippen molar-refractivity contribution in [2.45, 2.75) is 104 Å². The lowest BCUT2D eigenvalue weighted by Crippen LogP contribution is -2.39. The van der Waals surface area contributed by atoms with Crippen molar-refractivity contribution in [1.82, 2.24) is 0 Å². The Labute approximate surface area is 177 Å². The molecule has 5 nitrogen and oxygen atoms in total. The highest BCUT2D eigenvalue weighted by molar-refractivity contribution is 5.83. The molecule has 0 amide bonds. The van der Waals surface area contributed by atoms with Crippen molar-refractivity contribution in [3.63, 3.8) is 0 Å². The van der Waals surface area contributed by atoms with E-state index in [2.05, 4.69) is 27.7 Å². The summed E-state index contributed by atoms with van der Waals surface area (Å²) in [4.78, 5) is 25.3. The van der Waals surface area contributed by atoms with Gasteiger partial charge >= 0.3 is 11.9 Å². The number of ether oxygens (including phenoxy) is 3. The number of rotatable bonds is 14. The second kappa shape index (κ2) is 12.6. The minimum atomic E-state index is -0.488. The molecule has 4 atom stereocenters. The van der Waals surface area contributed by atoms with Gasteiger partial charge in [-0.2, -0.15) is 0 Å². The fraction of sp³-hybridized carbons (Fsp3) is 0.917. The van der Waals surface area contributed by atoms with E-state index in [1.54, 1.807) is 0 Å². The van der Waals surface area contributed by atoms with Crippen LogP contribution < -0.4 is 0 Å². The molecular formula is C24H42O5. The smallest absolute Gasteiger partial charge is 0.312 e. The molecule has 0 N–H and O–H groups in total. The van der Waals surface area contributed by atoms with Crippen molar-refractivity contribution in [1.29, 1.82) is 0 Å². The van der Waals surface area contributed by atoms with E-state index in [-0.39, 0.29) is 24.1 Å². The van der Waals surface area contributed by atoms with Gasteiger partial charge in [-0.15, -0.1) is 0 Å². The molecule has 2 rings (SSSR count). The van der Waals surface area contributed by atoms with Crippen LogP contribution in [0, 0.1) is 23.7 Å². The van der Waals surface area contributed by atoms with E-state index in [4.69, 9.17) is 14.2 Å². The lowest BCUT2D eigenvalue weighted by Gasteiger charge is -2.26. The Morgan fingerprint density at radius 2 is 1.34 bits per heavy atom. The van der Waals surface area contributed by atoms with Gasteiger partial charge in [-0.3, -0.25) is 9.59 Å². The number of carbonyl (C=O) groups excluding carboxylic acids is 2. The number of hydrogen-bond donors (Lipinski definition) is 0. The number of hydrogen-bond acceptors (Lipinski definition) is 5. The molecule has 5 heteroatoms. The first-order valence-corrected chi connectivity index (χ1v) is 11.9. The summed E-state index contributed by atoms with van der Waals surface area (Å²) >= 11 is 0. The van der Waals surface area contributed by atoms with Crippen molar-refractivity contribution in [3.8, 4) is 0 Å². The van der Waals surface area contributed by atoms with E-state index in [0.29, 0.717) is 31.5 Å². The third kappa shape index (κ3) is 8.65. The largest absolute Gasteiger partial charge is 0.465 e. The number of unbranched alkanes of at least 4 members (excludes halogenated alkanes) is 4. The highest BCUT2D eigenvalue weighted by Crippen LogP contribution is 2.45. The van der Waals surface area contributed by atoms with Gasteiger partial charge in [0, 0.05) is 0 Å². The summed E-state index contributed by atoms with van der Waals surface area (Å²) in [6.45, 7) is 9.77. The third-order valence-electron chi connectivity index (χ3n) is 6.09. The Morgan fingerprint density at radius 1 is 0.793 bits per heavy atom. The lowest BCUT2D eigenvalue weighted by molar-refractivity contribution is -0.162. The van der Waals surface area contributed by atoms with Gasteiger partial charge in [0.05, 0.1) is 37.3 Å². The molecule has 0 spiro atoms. The molecule has 2 fully saturated rings. The number of carbonyl (C=O) groups is 2. The van der Waals surface area contributed by atoms with Crippen LogP contribution in [0.15, 0.2) is 0 Å². The van der Waals surface area contributed by atoms with Gasteiger partial charge in [-0.1, -0.05) is 66.2 Å². The standard InChI is InChI=1S/C24H42O5/c1-17(2)11-7-5-9-15-27-23(25)19-13-14-20-22(29-20)21(19)24(26)28-16-10-6-8-12-18(3)4/h17-22H,5-16H2,1-4H3. The Kier molecular flexibility index (Phi) is 10.5. The monoisotopic (exact) mass is 410 g/mol. The van der Waals surface area contributed by atoms with Crippen LogP contribution in [0.2, 0.25) is 0 Å². The second-order valence-corrected chi connectivity index (χ2v) is 9.67. The average molecular weight is 411 g/mol. The van der Waals surface area contributed by atoms with E-state index < -0.39 is 11.8 Å². The van der Waals surface area contributed by atoms with Crippen molar-refractivity contribution < 1.29 is 23.8 Å². The fourth-order valence-electron chi connectivity index (χ4n) is 4.23. The molecule has 1 aliphatic heterocycles. The minimum Gasteiger partial charge on any atom is -0.465 e. The highest BCUT2D eigenvalue weighted by atomic mass is 16.6. The van der Waals surface area contributed by atoms with Crippen molar-refractivity contribution >= 4 is 11.9 Å². The molecule has 29 heavy (non-hydrogen) atoms. The summed E-state index contributed by atoms with van der Waals surface area (Å²) in [5.41, 5.74) is 0. The molecule has 0 bridgehead atoms. The molecule has 0 aromatic heterocycles. The van der Waals surface area contributed by atoms with Gasteiger partial charge < -0.3 is 14.2 Å². The first-order chi connectivity index (χ1) is 13.9. The van der Waals surface area contributed by atoms with Gasteiger partial charge in [0.2, 0.25) is 0 Å². The van der Waals surface area contributed by atoms with Gasteiger partial charge in [0.25, 0.3) is 0 Å². The minimum absolute atomic E-state index is 0.124. The van der Waals surface area contributed by atoms with Crippen molar-refractivity contribution in [2.24, 2.45) is 23.7 Å². The van der Waals surface area contributed by atoms with E-state index >= 15 is 0 Å². The Morgan fingerprint density at radius 3 is 1.90 bits per heavy atom. The molecule has 1 saturated carbocycles. The zero-order valence-corrected chi connectivity index (χ0v) is 19.0. The average Bonchev–Trinajstić information content (AvgIpc) is 3.45. The number of fused-ring (bicyclic) bond motifs is 1. The van der Waals surface area contributed by atoms with E-state index in [1.165, 1.54) is 25.7 Å². The van der Waals surface area contributed by atoms with Crippen LogP contribution in [0.1, 0.15) is 91.9 Å². The highest BCUT2D eigenvalue weighted by Gasteiger charge is 2.57. The molecule has 1 heterocycles. The van der Waals surface area contributed by atoms with Crippen LogP contribution in [0.25, 0.3) is 0 Å². The Balaban J connectivity index is 1.69. The Hall–Kier alpha value is -1.10. The van der Waals surface area contributed by atoms with Crippen LogP contribution >= 0.6 is 0 Å². The molecule has 168 valence electrons. The normalized spacial score (nSPS) is 25.7. The van der Waals surface area contributed by atoms with Crippen LogP contribution in [0.4, 0.5) is 0 Å². The first kappa shape index (κ1) is 24.2. The van der Waals surface area contributed by atoms with Crippen molar-refractivity contribution in [3.05, 3.63) is 0 Å². The van der Waals surface area contributed by atoms with Gasteiger partial charge in [-0.25, -0.2) is 0 Å².